The summed E-state index contributed by atoms with van der Waals surface area (Å²) in [4.78, 5) is 15.5. The molecule has 0 fully saturated rings. The van der Waals surface area contributed by atoms with Gasteiger partial charge in [-0.2, -0.15) is 5.10 Å². The van der Waals surface area contributed by atoms with Crippen LogP contribution in [0, 0.1) is 0 Å². The Balaban J connectivity index is 1.84. The number of nitrogens with zero attached hydrogens (tertiary/aromatic N) is 2. The van der Waals surface area contributed by atoms with Gasteiger partial charge in [-0.1, -0.05) is 24.3 Å². The minimum atomic E-state index is -3.71. The highest BCUT2D eigenvalue weighted by atomic mass is 32.2. The number of benzene rings is 1. The third-order valence-corrected chi connectivity index (χ3v) is 3.98. The molecule has 0 radical (unpaired) electrons. The Bertz CT molecular complexity index is 746. The number of amides is 1. The van der Waals surface area contributed by atoms with Gasteiger partial charge >= 0.3 is 0 Å². The number of rotatable bonds is 6. The van der Waals surface area contributed by atoms with Crippen molar-refractivity contribution in [2.45, 2.75) is 4.90 Å². The molecule has 0 saturated heterocycles. The largest absolute Gasteiger partial charge is 0.272 e. The van der Waals surface area contributed by atoms with E-state index in [0.29, 0.717) is 5.56 Å². The minimum Gasteiger partial charge on any atom is -0.272 e. The molecule has 0 aliphatic heterocycles. The standard InChI is InChI=1S/C14H14N4O3S/c19-14(18-16-10-12-5-4-8-15-9-12)11-17-22(20,21)13-6-2-1-3-7-13/h1-10,17H,11H2,(H,18,19)/b16-10-. The molecule has 114 valence electrons. The van der Waals surface area contributed by atoms with Crippen LogP contribution in [0.5, 0.6) is 0 Å². The smallest absolute Gasteiger partial charge is 0.255 e. The zero-order chi connectivity index (χ0) is 15.8. The minimum absolute atomic E-state index is 0.0988. The van der Waals surface area contributed by atoms with E-state index in [9.17, 15) is 13.2 Å². The van der Waals surface area contributed by atoms with Gasteiger partial charge in [0.15, 0.2) is 0 Å². The van der Waals surface area contributed by atoms with E-state index in [1.54, 1.807) is 42.7 Å². The average molecular weight is 318 g/mol. The van der Waals surface area contributed by atoms with Crippen LogP contribution in [-0.2, 0) is 14.8 Å². The van der Waals surface area contributed by atoms with Crippen molar-refractivity contribution in [2.75, 3.05) is 6.54 Å². The molecule has 0 atom stereocenters. The fraction of sp³-hybridized carbons (Fsp3) is 0.0714. The van der Waals surface area contributed by atoms with E-state index >= 15 is 0 Å². The van der Waals surface area contributed by atoms with Crippen molar-refractivity contribution in [3.05, 3.63) is 60.4 Å². The molecular formula is C14H14N4O3S. The van der Waals surface area contributed by atoms with Crippen LogP contribution in [0.25, 0.3) is 0 Å². The third kappa shape index (κ3) is 4.76. The van der Waals surface area contributed by atoms with Gasteiger partial charge in [0, 0.05) is 18.0 Å². The monoisotopic (exact) mass is 318 g/mol. The summed E-state index contributed by atoms with van der Waals surface area (Å²) in [6, 6.07) is 11.3. The third-order valence-electron chi connectivity index (χ3n) is 2.56. The number of nitrogens with one attached hydrogen (secondary N) is 2. The normalized spacial score (nSPS) is 11.5. The summed E-state index contributed by atoms with van der Waals surface area (Å²) in [5.74, 6) is -0.570. The van der Waals surface area contributed by atoms with Crippen LogP contribution in [0.4, 0.5) is 0 Å². The summed E-state index contributed by atoms with van der Waals surface area (Å²) in [5, 5.41) is 3.72. The van der Waals surface area contributed by atoms with Crippen molar-refractivity contribution in [3.63, 3.8) is 0 Å². The summed E-state index contributed by atoms with van der Waals surface area (Å²) < 4.78 is 26.0. The fourth-order valence-corrected chi connectivity index (χ4v) is 2.52. The van der Waals surface area contributed by atoms with Crippen LogP contribution in [0.1, 0.15) is 5.56 Å². The van der Waals surface area contributed by atoms with E-state index in [1.165, 1.54) is 18.3 Å². The molecule has 1 heterocycles. The van der Waals surface area contributed by atoms with Gasteiger partial charge in [-0.05, 0) is 18.2 Å². The van der Waals surface area contributed by atoms with Crippen molar-refractivity contribution >= 4 is 22.1 Å². The van der Waals surface area contributed by atoms with E-state index in [2.05, 4.69) is 20.2 Å². The SMILES string of the molecule is O=C(CNS(=O)(=O)c1ccccc1)N/N=C\c1cccnc1. The molecule has 1 aromatic carbocycles. The molecule has 0 bridgehead atoms. The summed E-state index contributed by atoms with van der Waals surface area (Å²) in [6.45, 7) is -0.401. The molecule has 0 aliphatic rings. The lowest BCUT2D eigenvalue weighted by molar-refractivity contribution is -0.119. The zero-order valence-electron chi connectivity index (χ0n) is 11.5. The van der Waals surface area contributed by atoms with Gasteiger partial charge < -0.3 is 0 Å². The zero-order valence-corrected chi connectivity index (χ0v) is 12.3. The number of hydrazone groups is 1. The van der Waals surface area contributed by atoms with Gasteiger partial charge in [0.2, 0.25) is 10.0 Å². The van der Waals surface area contributed by atoms with Gasteiger partial charge in [-0.25, -0.2) is 18.6 Å². The maximum atomic E-state index is 11.9. The summed E-state index contributed by atoms with van der Waals surface area (Å²) in [7, 11) is -3.71. The van der Waals surface area contributed by atoms with E-state index in [-0.39, 0.29) is 4.90 Å². The first-order chi connectivity index (χ1) is 10.6. The van der Waals surface area contributed by atoms with Crippen LogP contribution >= 0.6 is 0 Å². The molecule has 7 nitrogen and oxygen atoms in total. The Labute approximate surface area is 128 Å². The van der Waals surface area contributed by atoms with Gasteiger partial charge in [0.25, 0.3) is 5.91 Å². The summed E-state index contributed by atoms with van der Waals surface area (Å²) >= 11 is 0. The Morgan fingerprint density at radius 3 is 2.64 bits per heavy atom. The molecular weight excluding hydrogens is 304 g/mol. The number of pyridine rings is 1. The van der Waals surface area contributed by atoms with Crippen molar-refractivity contribution in [1.29, 1.82) is 0 Å². The van der Waals surface area contributed by atoms with Gasteiger partial charge in [0.05, 0.1) is 17.7 Å². The Morgan fingerprint density at radius 1 is 1.18 bits per heavy atom. The van der Waals surface area contributed by atoms with Crippen LogP contribution in [0.3, 0.4) is 0 Å². The Kier molecular flexibility index (Phi) is 5.34. The van der Waals surface area contributed by atoms with Crippen molar-refractivity contribution in [1.82, 2.24) is 15.1 Å². The number of hydrogen-bond donors (Lipinski definition) is 2. The number of hydrogen-bond acceptors (Lipinski definition) is 5. The second-order valence-corrected chi connectivity index (χ2v) is 5.98. The van der Waals surface area contributed by atoms with Crippen molar-refractivity contribution in [3.8, 4) is 0 Å². The highest BCUT2D eigenvalue weighted by Gasteiger charge is 2.14. The summed E-state index contributed by atoms with van der Waals surface area (Å²) in [5.41, 5.74) is 2.95. The quantitative estimate of drug-likeness (QED) is 0.598. The molecule has 1 aromatic heterocycles. The topological polar surface area (TPSA) is 101 Å². The van der Waals surface area contributed by atoms with Crippen molar-refractivity contribution < 1.29 is 13.2 Å². The second kappa shape index (κ2) is 7.43. The molecule has 22 heavy (non-hydrogen) atoms. The van der Waals surface area contributed by atoms with Gasteiger partial charge in [0.1, 0.15) is 0 Å². The van der Waals surface area contributed by atoms with Gasteiger partial charge in [-0.3, -0.25) is 9.78 Å². The summed E-state index contributed by atoms with van der Waals surface area (Å²) in [6.07, 6.45) is 4.61. The van der Waals surface area contributed by atoms with Crippen LogP contribution in [-0.4, -0.2) is 32.1 Å². The van der Waals surface area contributed by atoms with Gasteiger partial charge in [-0.15, -0.1) is 0 Å². The lowest BCUT2D eigenvalue weighted by atomic mass is 10.3. The molecule has 0 saturated carbocycles. The Morgan fingerprint density at radius 2 is 1.95 bits per heavy atom. The van der Waals surface area contributed by atoms with E-state index in [0.717, 1.165) is 0 Å². The highest BCUT2D eigenvalue weighted by Crippen LogP contribution is 2.06. The predicted molar refractivity (Wildman–Crippen MR) is 81.6 cm³/mol. The maximum Gasteiger partial charge on any atom is 0.255 e. The predicted octanol–water partition coefficient (Wildman–Crippen LogP) is 0.510. The van der Waals surface area contributed by atoms with E-state index in [1.807, 2.05) is 0 Å². The molecule has 0 aliphatic carbocycles. The molecule has 1 amide bonds. The second-order valence-electron chi connectivity index (χ2n) is 4.22. The fourth-order valence-electron chi connectivity index (χ4n) is 1.51. The number of sulfonamides is 1. The number of aromatic nitrogens is 1. The lowest BCUT2D eigenvalue weighted by Crippen LogP contribution is -2.34. The first kappa shape index (κ1) is 15.8. The molecule has 2 rings (SSSR count). The number of carbonyl (C=O) groups is 1. The molecule has 8 heteroatoms. The molecule has 2 aromatic rings. The molecule has 2 N–H and O–H groups in total. The van der Waals surface area contributed by atoms with Crippen molar-refractivity contribution in [2.24, 2.45) is 5.10 Å². The Hall–Kier alpha value is -2.58. The first-order valence-electron chi connectivity index (χ1n) is 6.34. The molecule has 0 spiro atoms. The van der Waals surface area contributed by atoms with E-state index < -0.39 is 22.5 Å². The first-order valence-corrected chi connectivity index (χ1v) is 7.83. The highest BCUT2D eigenvalue weighted by molar-refractivity contribution is 7.89. The van der Waals surface area contributed by atoms with Crippen LogP contribution < -0.4 is 10.1 Å². The van der Waals surface area contributed by atoms with Crippen LogP contribution in [0.2, 0.25) is 0 Å². The van der Waals surface area contributed by atoms with E-state index in [4.69, 9.17) is 0 Å². The number of carbonyl (C=O) groups excluding carboxylic acids is 1. The van der Waals surface area contributed by atoms with Crippen LogP contribution in [0.15, 0.2) is 64.9 Å². The average Bonchev–Trinajstić information content (AvgIpc) is 2.55. The molecule has 0 unspecified atom stereocenters. The maximum absolute atomic E-state index is 11.9. The lowest BCUT2D eigenvalue weighted by Gasteiger charge is -2.05.